The normalized spacial score (nSPS) is 12.9. The molecule has 1 rings (SSSR count). The molecule has 108 valence electrons. The Kier molecular flexibility index (Phi) is 7.84. The predicted molar refractivity (Wildman–Crippen MR) is 85.0 cm³/mol. The number of hydrogen-bond donors (Lipinski definition) is 2. The Bertz CT molecular complexity index is 384. The number of halogens is 1. The lowest BCUT2D eigenvalue weighted by molar-refractivity contribution is 0.289. The molecule has 2 nitrogen and oxygen atoms in total. The molecule has 0 aliphatic carbocycles. The van der Waals surface area contributed by atoms with E-state index in [1.807, 2.05) is 6.07 Å². The molecule has 0 amide bonds. The first-order valence-corrected chi connectivity index (χ1v) is 8.05. The van der Waals surface area contributed by atoms with Gasteiger partial charge in [-0.25, -0.2) is 0 Å². The Morgan fingerprint density at radius 1 is 1.32 bits per heavy atom. The van der Waals surface area contributed by atoms with Crippen LogP contribution in [0, 0.1) is 5.92 Å². The SMILES string of the molecule is CC(C)CNCc1ccc(SC(C)CCO)cc1Cl. The van der Waals surface area contributed by atoms with Crippen LogP contribution in [-0.2, 0) is 6.54 Å². The van der Waals surface area contributed by atoms with Crippen molar-refractivity contribution >= 4 is 23.4 Å². The zero-order valence-corrected chi connectivity index (χ0v) is 13.5. The van der Waals surface area contributed by atoms with E-state index in [-0.39, 0.29) is 6.61 Å². The van der Waals surface area contributed by atoms with Gasteiger partial charge in [-0.15, -0.1) is 11.8 Å². The number of nitrogens with one attached hydrogen (secondary N) is 1. The molecule has 0 saturated heterocycles. The zero-order valence-electron chi connectivity index (χ0n) is 11.9. The number of benzene rings is 1. The van der Waals surface area contributed by atoms with Crippen LogP contribution in [0.3, 0.4) is 0 Å². The van der Waals surface area contributed by atoms with Crippen LogP contribution in [-0.4, -0.2) is 23.5 Å². The van der Waals surface area contributed by atoms with E-state index in [1.165, 1.54) is 4.90 Å². The molecule has 4 heteroatoms. The number of thioether (sulfide) groups is 1. The smallest absolute Gasteiger partial charge is 0.0462 e. The van der Waals surface area contributed by atoms with Gasteiger partial charge in [0.1, 0.15) is 0 Å². The molecule has 0 bridgehead atoms. The third kappa shape index (κ3) is 6.66. The maximum atomic E-state index is 8.91. The van der Waals surface area contributed by atoms with Gasteiger partial charge in [-0.05, 0) is 36.6 Å². The van der Waals surface area contributed by atoms with Crippen LogP contribution in [0.5, 0.6) is 0 Å². The molecule has 0 spiro atoms. The fraction of sp³-hybridized carbons (Fsp3) is 0.600. The van der Waals surface area contributed by atoms with Crippen molar-refractivity contribution in [3.8, 4) is 0 Å². The zero-order chi connectivity index (χ0) is 14.3. The Balaban J connectivity index is 2.54. The van der Waals surface area contributed by atoms with E-state index in [1.54, 1.807) is 11.8 Å². The van der Waals surface area contributed by atoms with Gasteiger partial charge in [0.05, 0.1) is 0 Å². The fourth-order valence-corrected chi connectivity index (χ4v) is 3.05. The molecule has 2 N–H and O–H groups in total. The van der Waals surface area contributed by atoms with Crippen LogP contribution in [0.25, 0.3) is 0 Å². The second-order valence-electron chi connectivity index (χ2n) is 5.22. The fourth-order valence-electron chi connectivity index (χ4n) is 1.71. The lowest BCUT2D eigenvalue weighted by atomic mass is 10.2. The molecule has 0 heterocycles. The minimum absolute atomic E-state index is 0.235. The maximum absolute atomic E-state index is 8.91. The Labute approximate surface area is 125 Å². The van der Waals surface area contributed by atoms with Gasteiger partial charge < -0.3 is 10.4 Å². The molecule has 1 unspecified atom stereocenters. The molecule has 1 atom stereocenters. The highest BCUT2D eigenvalue weighted by molar-refractivity contribution is 7.99. The number of aliphatic hydroxyl groups is 1. The molecule has 1 aromatic rings. The first-order valence-electron chi connectivity index (χ1n) is 6.79. The van der Waals surface area contributed by atoms with Crippen molar-refractivity contribution in [2.24, 2.45) is 5.92 Å². The van der Waals surface area contributed by atoms with Gasteiger partial charge in [0.2, 0.25) is 0 Å². The Morgan fingerprint density at radius 2 is 2.05 bits per heavy atom. The summed E-state index contributed by atoms with van der Waals surface area (Å²) in [4.78, 5) is 1.17. The lowest BCUT2D eigenvalue weighted by Gasteiger charge is -2.12. The summed E-state index contributed by atoms with van der Waals surface area (Å²) in [6.07, 6.45) is 0.806. The summed E-state index contributed by atoms with van der Waals surface area (Å²) in [7, 11) is 0. The monoisotopic (exact) mass is 301 g/mol. The molecule has 0 aromatic heterocycles. The number of hydrogen-bond acceptors (Lipinski definition) is 3. The summed E-state index contributed by atoms with van der Waals surface area (Å²) >= 11 is 8.06. The van der Waals surface area contributed by atoms with Crippen molar-refractivity contribution in [3.05, 3.63) is 28.8 Å². The highest BCUT2D eigenvalue weighted by Crippen LogP contribution is 2.29. The van der Waals surface area contributed by atoms with Crippen molar-refractivity contribution in [2.75, 3.05) is 13.2 Å². The molecule has 0 saturated carbocycles. The van der Waals surface area contributed by atoms with Crippen LogP contribution < -0.4 is 5.32 Å². The van der Waals surface area contributed by atoms with Gasteiger partial charge in [-0.3, -0.25) is 0 Å². The summed E-state index contributed by atoms with van der Waals surface area (Å²) in [5, 5.41) is 13.5. The van der Waals surface area contributed by atoms with Gasteiger partial charge in [0.15, 0.2) is 0 Å². The topological polar surface area (TPSA) is 32.3 Å². The van der Waals surface area contributed by atoms with E-state index in [4.69, 9.17) is 16.7 Å². The van der Waals surface area contributed by atoms with E-state index in [2.05, 4.69) is 38.2 Å². The number of aliphatic hydroxyl groups excluding tert-OH is 1. The molecular weight excluding hydrogens is 278 g/mol. The van der Waals surface area contributed by atoms with Crippen LogP contribution in [0.4, 0.5) is 0 Å². The largest absolute Gasteiger partial charge is 0.396 e. The minimum atomic E-state index is 0.235. The highest BCUT2D eigenvalue weighted by atomic mass is 35.5. The first kappa shape index (κ1) is 16.8. The second-order valence-corrected chi connectivity index (χ2v) is 7.14. The van der Waals surface area contributed by atoms with E-state index >= 15 is 0 Å². The molecule has 0 radical (unpaired) electrons. The van der Waals surface area contributed by atoms with Crippen LogP contribution in [0.2, 0.25) is 5.02 Å². The molecule has 0 aliphatic heterocycles. The van der Waals surface area contributed by atoms with Gasteiger partial charge in [-0.1, -0.05) is 38.4 Å². The van der Waals surface area contributed by atoms with E-state index in [0.717, 1.165) is 30.1 Å². The summed E-state index contributed by atoms with van der Waals surface area (Å²) in [6.45, 7) is 8.55. The van der Waals surface area contributed by atoms with Gasteiger partial charge in [0, 0.05) is 28.3 Å². The highest BCUT2D eigenvalue weighted by Gasteiger charge is 2.07. The summed E-state index contributed by atoms with van der Waals surface area (Å²) in [5.41, 5.74) is 1.14. The van der Waals surface area contributed by atoms with Crippen molar-refractivity contribution in [3.63, 3.8) is 0 Å². The number of rotatable bonds is 8. The van der Waals surface area contributed by atoms with Crippen molar-refractivity contribution in [1.29, 1.82) is 0 Å². The van der Waals surface area contributed by atoms with Crippen LogP contribution in [0.1, 0.15) is 32.8 Å². The quantitative estimate of drug-likeness (QED) is 0.713. The minimum Gasteiger partial charge on any atom is -0.396 e. The maximum Gasteiger partial charge on any atom is 0.0462 e. The summed E-state index contributed by atoms with van der Waals surface area (Å²) in [5.74, 6) is 0.646. The first-order chi connectivity index (χ1) is 9.02. The lowest BCUT2D eigenvalue weighted by Crippen LogP contribution is -2.19. The third-order valence-electron chi connectivity index (χ3n) is 2.77. The van der Waals surface area contributed by atoms with E-state index in [9.17, 15) is 0 Å². The average Bonchev–Trinajstić information content (AvgIpc) is 2.31. The summed E-state index contributed by atoms with van der Waals surface area (Å²) in [6, 6.07) is 6.22. The molecule has 0 aliphatic rings. The molecule has 1 aromatic carbocycles. The molecule has 0 fully saturated rings. The van der Waals surface area contributed by atoms with Crippen molar-refractivity contribution in [1.82, 2.24) is 5.32 Å². The van der Waals surface area contributed by atoms with Crippen LogP contribution >= 0.6 is 23.4 Å². The van der Waals surface area contributed by atoms with E-state index in [0.29, 0.717) is 11.2 Å². The van der Waals surface area contributed by atoms with Gasteiger partial charge in [0.25, 0.3) is 0 Å². The third-order valence-corrected chi connectivity index (χ3v) is 4.28. The standard InChI is InChI=1S/C15H24ClNOS/c1-11(2)9-17-10-13-4-5-14(8-15(13)16)19-12(3)6-7-18/h4-5,8,11-12,17-18H,6-7,9-10H2,1-3H3. The molecular formula is C15H24ClNOS. The Hall–Kier alpha value is -0.220. The van der Waals surface area contributed by atoms with E-state index < -0.39 is 0 Å². The molecule has 19 heavy (non-hydrogen) atoms. The average molecular weight is 302 g/mol. The van der Waals surface area contributed by atoms with Crippen molar-refractivity contribution < 1.29 is 5.11 Å². The predicted octanol–water partition coefficient (Wildman–Crippen LogP) is 3.95. The Morgan fingerprint density at radius 3 is 2.63 bits per heavy atom. The van der Waals surface area contributed by atoms with Gasteiger partial charge in [-0.2, -0.15) is 0 Å². The summed E-state index contributed by atoms with van der Waals surface area (Å²) < 4.78 is 0. The van der Waals surface area contributed by atoms with Gasteiger partial charge >= 0.3 is 0 Å². The van der Waals surface area contributed by atoms with Crippen LogP contribution in [0.15, 0.2) is 23.1 Å². The second kappa shape index (κ2) is 8.85. The van der Waals surface area contributed by atoms with Crippen molar-refractivity contribution in [2.45, 2.75) is 43.9 Å².